The number of hydrogen-bond donors (Lipinski definition) is 0. The molecular weight excluding hydrogens is 373 g/mol. The van der Waals surface area contributed by atoms with Crippen molar-refractivity contribution in [1.29, 1.82) is 0 Å². The van der Waals surface area contributed by atoms with Crippen molar-refractivity contribution in [3.63, 3.8) is 0 Å². The third-order valence-electron chi connectivity index (χ3n) is 4.77. The molecule has 27 heavy (non-hydrogen) atoms. The summed E-state index contributed by atoms with van der Waals surface area (Å²) in [6, 6.07) is 5.92. The fraction of sp³-hybridized carbons (Fsp3) is 0.381. The van der Waals surface area contributed by atoms with Crippen LogP contribution in [0.15, 0.2) is 24.3 Å². The maximum absolute atomic E-state index is 13.7. The predicted octanol–water partition coefficient (Wildman–Crippen LogP) is 6.77. The lowest BCUT2D eigenvalue weighted by Gasteiger charge is -2.18. The quantitative estimate of drug-likeness (QED) is 0.523. The van der Waals surface area contributed by atoms with E-state index in [-0.39, 0.29) is 17.4 Å². The number of thiophene rings is 1. The van der Waals surface area contributed by atoms with Crippen molar-refractivity contribution < 1.29 is 22.7 Å². The monoisotopic (exact) mass is 394 g/mol. The molecule has 2 nitrogen and oxygen atoms in total. The van der Waals surface area contributed by atoms with Crippen LogP contribution in [0.2, 0.25) is 0 Å². The maximum atomic E-state index is 13.7. The molecule has 0 unspecified atom stereocenters. The van der Waals surface area contributed by atoms with Crippen molar-refractivity contribution in [3.05, 3.63) is 50.7 Å². The number of rotatable bonds is 5. The molecule has 1 saturated carbocycles. The molecule has 1 aromatic heterocycles. The number of aryl methyl sites for hydroxylation is 1. The molecule has 0 N–H and O–H groups in total. The van der Waals surface area contributed by atoms with Crippen molar-refractivity contribution >= 4 is 29.3 Å². The molecule has 1 aliphatic carbocycles. The molecule has 1 fully saturated rings. The number of benzene rings is 1. The molecule has 0 aliphatic heterocycles. The summed E-state index contributed by atoms with van der Waals surface area (Å²) in [7, 11) is 0. The van der Waals surface area contributed by atoms with Gasteiger partial charge in [-0.3, -0.25) is 4.79 Å². The third-order valence-corrected chi connectivity index (χ3v) is 5.87. The SMILES string of the molecule is C/C(=C\c1sc(C=O)cc1C)c1ccc(OC2CCCC2)cc1C(F)(F)F. The maximum Gasteiger partial charge on any atom is 0.417 e. The summed E-state index contributed by atoms with van der Waals surface area (Å²) in [6.07, 6.45) is 1.87. The largest absolute Gasteiger partial charge is 0.490 e. The second kappa shape index (κ2) is 7.89. The molecule has 3 rings (SSSR count). The van der Waals surface area contributed by atoms with E-state index in [2.05, 4.69) is 0 Å². The highest BCUT2D eigenvalue weighted by Crippen LogP contribution is 2.39. The summed E-state index contributed by atoms with van der Waals surface area (Å²) in [5.41, 5.74) is 0.798. The molecule has 0 spiro atoms. The van der Waals surface area contributed by atoms with E-state index in [0.29, 0.717) is 10.5 Å². The van der Waals surface area contributed by atoms with Crippen molar-refractivity contribution in [1.82, 2.24) is 0 Å². The van der Waals surface area contributed by atoms with Crippen LogP contribution in [-0.4, -0.2) is 12.4 Å². The number of allylic oxidation sites excluding steroid dienone is 1. The molecule has 0 atom stereocenters. The van der Waals surface area contributed by atoms with Gasteiger partial charge in [-0.25, -0.2) is 0 Å². The zero-order valence-corrected chi connectivity index (χ0v) is 16.0. The Balaban J connectivity index is 1.96. The Kier molecular flexibility index (Phi) is 5.75. The third kappa shape index (κ3) is 4.61. The van der Waals surface area contributed by atoms with Crippen LogP contribution >= 0.6 is 11.3 Å². The van der Waals surface area contributed by atoms with Gasteiger partial charge in [0.1, 0.15) is 5.75 Å². The molecular formula is C21H21F3O2S. The smallest absolute Gasteiger partial charge is 0.417 e. The number of halogens is 3. The zero-order chi connectivity index (χ0) is 19.6. The van der Waals surface area contributed by atoms with Crippen LogP contribution in [0.5, 0.6) is 5.75 Å². The molecule has 1 aliphatic rings. The van der Waals surface area contributed by atoms with Crippen LogP contribution in [0.4, 0.5) is 13.2 Å². The van der Waals surface area contributed by atoms with Crippen molar-refractivity contribution in [2.75, 3.05) is 0 Å². The number of ether oxygens (including phenoxy) is 1. The van der Waals surface area contributed by atoms with E-state index in [0.717, 1.165) is 48.5 Å². The Morgan fingerprint density at radius 3 is 2.52 bits per heavy atom. The molecule has 2 aromatic rings. The molecule has 0 radical (unpaired) electrons. The second-order valence-corrected chi connectivity index (χ2v) is 7.99. The average Bonchev–Trinajstić information content (AvgIpc) is 3.24. The summed E-state index contributed by atoms with van der Waals surface area (Å²) in [5, 5.41) is 0. The van der Waals surface area contributed by atoms with E-state index in [1.165, 1.54) is 17.4 Å². The average molecular weight is 394 g/mol. The van der Waals surface area contributed by atoms with Gasteiger partial charge in [0.05, 0.1) is 16.5 Å². The zero-order valence-electron chi connectivity index (χ0n) is 15.2. The van der Waals surface area contributed by atoms with Crippen LogP contribution < -0.4 is 4.74 Å². The lowest BCUT2D eigenvalue weighted by Crippen LogP contribution is -2.13. The lowest BCUT2D eigenvalue weighted by atomic mass is 9.99. The van der Waals surface area contributed by atoms with Gasteiger partial charge in [0.15, 0.2) is 6.29 Å². The first-order valence-corrected chi connectivity index (χ1v) is 9.72. The summed E-state index contributed by atoms with van der Waals surface area (Å²) in [6.45, 7) is 3.49. The van der Waals surface area contributed by atoms with E-state index in [9.17, 15) is 18.0 Å². The second-order valence-electron chi connectivity index (χ2n) is 6.87. The highest BCUT2D eigenvalue weighted by atomic mass is 32.1. The highest BCUT2D eigenvalue weighted by Gasteiger charge is 2.34. The minimum absolute atomic E-state index is 0.00380. The summed E-state index contributed by atoms with van der Waals surface area (Å²) in [5.74, 6) is 0.265. The van der Waals surface area contributed by atoms with Crippen molar-refractivity contribution in [2.24, 2.45) is 0 Å². The Bertz CT molecular complexity index is 859. The summed E-state index contributed by atoms with van der Waals surface area (Å²) < 4.78 is 46.7. The lowest BCUT2D eigenvalue weighted by molar-refractivity contribution is -0.137. The normalized spacial score (nSPS) is 16.0. The minimum atomic E-state index is -4.47. The Labute approximate surface area is 160 Å². The van der Waals surface area contributed by atoms with Gasteiger partial charge in [0.25, 0.3) is 0 Å². The standard InChI is InChI=1S/C21H21F3O2S/c1-13(10-20-14(2)9-17(12-25)27-20)18-8-7-16(11-19(18)21(22,23)24)26-15-5-3-4-6-15/h7-12,15H,3-6H2,1-2H3/b13-10+. The molecule has 144 valence electrons. The first-order valence-electron chi connectivity index (χ1n) is 8.90. The molecule has 1 heterocycles. The van der Waals surface area contributed by atoms with Gasteiger partial charge in [-0.1, -0.05) is 6.07 Å². The molecule has 6 heteroatoms. The Hall–Kier alpha value is -2.08. The van der Waals surface area contributed by atoms with E-state index in [1.54, 1.807) is 25.1 Å². The van der Waals surface area contributed by atoms with Gasteiger partial charge < -0.3 is 4.74 Å². The van der Waals surface area contributed by atoms with E-state index < -0.39 is 11.7 Å². The highest BCUT2D eigenvalue weighted by molar-refractivity contribution is 7.14. The number of carbonyl (C=O) groups is 1. The number of hydrogen-bond acceptors (Lipinski definition) is 3. The Morgan fingerprint density at radius 1 is 1.22 bits per heavy atom. The summed E-state index contributed by atoms with van der Waals surface area (Å²) >= 11 is 1.27. The molecule has 0 saturated heterocycles. The van der Waals surface area contributed by atoms with Crippen LogP contribution in [0.25, 0.3) is 11.6 Å². The minimum Gasteiger partial charge on any atom is -0.490 e. The van der Waals surface area contributed by atoms with Crippen molar-refractivity contribution in [2.45, 2.75) is 51.8 Å². The van der Waals surface area contributed by atoms with Gasteiger partial charge in [-0.15, -0.1) is 11.3 Å². The predicted molar refractivity (Wildman–Crippen MR) is 102 cm³/mol. The van der Waals surface area contributed by atoms with E-state index >= 15 is 0 Å². The first-order chi connectivity index (χ1) is 12.8. The Morgan fingerprint density at radius 2 is 1.93 bits per heavy atom. The van der Waals surface area contributed by atoms with Crippen LogP contribution in [0.3, 0.4) is 0 Å². The van der Waals surface area contributed by atoms with Gasteiger partial charge in [0, 0.05) is 4.88 Å². The van der Waals surface area contributed by atoms with Gasteiger partial charge in [-0.2, -0.15) is 13.2 Å². The molecule has 0 amide bonds. The van der Waals surface area contributed by atoms with Crippen LogP contribution in [0.1, 0.15) is 63.8 Å². The van der Waals surface area contributed by atoms with E-state index in [4.69, 9.17) is 4.74 Å². The molecule has 1 aromatic carbocycles. The first kappa shape index (κ1) is 19.7. The fourth-order valence-corrected chi connectivity index (χ4v) is 4.36. The fourth-order valence-electron chi connectivity index (χ4n) is 3.37. The number of alkyl halides is 3. The van der Waals surface area contributed by atoms with E-state index in [1.807, 2.05) is 6.92 Å². The topological polar surface area (TPSA) is 26.3 Å². The van der Waals surface area contributed by atoms with Gasteiger partial charge in [0.2, 0.25) is 0 Å². The van der Waals surface area contributed by atoms with Gasteiger partial charge >= 0.3 is 6.18 Å². The molecule has 0 bridgehead atoms. The number of aldehydes is 1. The van der Waals surface area contributed by atoms with Gasteiger partial charge in [-0.05, 0) is 80.5 Å². The van der Waals surface area contributed by atoms with Crippen LogP contribution in [-0.2, 0) is 6.18 Å². The van der Waals surface area contributed by atoms with Crippen LogP contribution in [0, 0.1) is 6.92 Å². The summed E-state index contributed by atoms with van der Waals surface area (Å²) in [4.78, 5) is 12.3. The number of carbonyl (C=O) groups excluding carboxylic acids is 1. The van der Waals surface area contributed by atoms with Crippen molar-refractivity contribution in [3.8, 4) is 5.75 Å².